The lowest BCUT2D eigenvalue weighted by atomic mass is 9.86. The van der Waals surface area contributed by atoms with Crippen molar-refractivity contribution in [1.82, 2.24) is 4.98 Å². The van der Waals surface area contributed by atoms with Gasteiger partial charge in [-0.25, -0.2) is 0 Å². The lowest BCUT2D eigenvalue weighted by Crippen LogP contribution is -2.21. The van der Waals surface area contributed by atoms with E-state index in [9.17, 15) is 0 Å². The minimum Gasteiger partial charge on any atom is -0.375 e. The molecule has 0 unspecified atom stereocenters. The van der Waals surface area contributed by atoms with E-state index in [-0.39, 0.29) is 11.5 Å². The van der Waals surface area contributed by atoms with Gasteiger partial charge in [-0.1, -0.05) is 20.8 Å². The molecule has 88 valence electrons. The first-order chi connectivity index (χ1) is 7.52. The maximum Gasteiger partial charge on any atom is 0.104 e. The Hall–Kier alpha value is -0.890. The summed E-state index contributed by atoms with van der Waals surface area (Å²) >= 11 is 0. The number of aromatic nitrogens is 1. The monoisotopic (exact) mass is 219 g/mol. The van der Waals surface area contributed by atoms with Crippen molar-refractivity contribution in [3.8, 4) is 0 Å². The second kappa shape index (κ2) is 4.17. The number of rotatable bonds is 2. The molecule has 2 nitrogen and oxygen atoms in total. The average molecular weight is 219 g/mol. The molecular weight excluding hydrogens is 198 g/mol. The molecule has 1 atom stereocenters. The highest BCUT2D eigenvalue weighted by molar-refractivity contribution is 5.31. The predicted molar refractivity (Wildman–Crippen MR) is 65.5 cm³/mol. The van der Waals surface area contributed by atoms with Gasteiger partial charge in [-0.05, 0) is 41.9 Å². The number of ether oxygens (including phenoxy) is 1. The zero-order chi connectivity index (χ0) is 11.8. The zero-order valence-corrected chi connectivity index (χ0v) is 10.7. The minimum absolute atomic E-state index is 0.0819. The van der Waals surface area contributed by atoms with Crippen molar-refractivity contribution in [2.24, 2.45) is 5.41 Å². The molecule has 1 aliphatic carbocycles. The molecule has 0 aromatic carbocycles. The topological polar surface area (TPSA) is 22.1 Å². The van der Waals surface area contributed by atoms with Crippen LogP contribution in [0.15, 0.2) is 12.3 Å². The molecule has 0 radical (unpaired) electrons. The smallest absolute Gasteiger partial charge is 0.104 e. The fourth-order valence-electron chi connectivity index (χ4n) is 2.53. The second-order valence-corrected chi connectivity index (χ2v) is 5.71. The SMILES string of the molecule is CO[C@H](c1cc2c(cn1)CCC2)C(C)(C)C. The van der Waals surface area contributed by atoms with Crippen LogP contribution in [0.25, 0.3) is 0 Å². The first-order valence-electron chi connectivity index (χ1n) is 6.03. The van der Waals surface area contributed by atoms with Crippen LogP contribution in [-0.4, -0.2) is 12.1 Å². The van der Waals surface area contributed by atoms with Gasteiger partial charge in [0.05, 0.1) is 5.69 Å². The van der Waals surface area contributed by atoms with E-state index in [2.05, 4.69) is 31.8 Å². The minimum atomic E-state index is 0.0819. The van der Waals surface area contributed by atoms with E-state index < -0.39 is 0 Å². The Labute approximate surface area is 98.0 Å². The van der Waals surface area contributed by atoms with E-state index in [4.69, 9.17) is 4.74 Å². The Kier molecular flexibility index (Phi) is 3.02. The van der Waals surface area contributed by atoms with Crippen LogP contribution in [0.3, 0.4) is 0 Å². The highest BCUT2D eigenvalue weighted by Gasteiger charge is 2.28. The summed E-state index contributed by atoms with van der Waals surface area (Å²) in [7, 11) is 1.77. The van der Waals surface area contributed by atoms with Crippen molar-refractivity contribution in [2.45, 2.75) is 46.1 Å². The van der Waals surface area contributed by atoms with Crippen LogP contribution < -0.4 is 0 Å². The maximum atomic E-state index is 5.60. The Bertz CT molecular complexity index is 379. The first-order valence-corrected chi connectivity index (χ1v) is 6.03. The van der Waals surface area contributed by atoms with Crippen molar-refractivity contribution in [3.63, 3.8) is 0 Å². The average Bonchev–Trinajstić information content (AvgIpc) is 2.63. The Balaban J connectivity index is 2.33. The molecule has 0 N–H and O–H groups in total. The molecule has 0 aliphatic heterocycles. The van der Waals surface area contributed by atoms with Gasteiger partial charge in [-0.3, -0.25) is 4.98 Å². The summed E-state index contributed by atoms with van der Waals surface area (Å²) in [5.41, 5.74) is 4.06. The number of fused-ring (bicyclic) bond motifs is 1. The number of hydrogen-bond acceptors (Lipinski definition) is 2. The Morgan fingerprint density at radius 2 is 1.94 bits per heavy atom. The lowest BCUT2D eigenvalue weighted by Gasteiger charge is -2.29. The van der Waals surface area contributed by atoms with Crippen molar-refractivity contribution < 1.29 is 4.74 Å². The molecule has 0 saturated carbocycles. The summed E-state index contributed by atoms with van der Waals surface area (Å²) in [5, 5.41) is 0. The van der Waals surface area contributed by atoms with Gasteiger partial charge < -0.3 is 4.74 Å². The van der Waals surface area contributed by atoms with Crippen molar-refractivity contribution in [2.75, 3.05) is 7.11 Å². The summed E-state index contributed by atoms with van der Waals surface area (Å²) in [5.74, 6) is 0. The largest absolute Gasteiger partial charge is 0.375 e. The molecular formula is C14H21NO. The van der Waals surface area contributed by atoms with Crippen LogP contribution in [0.2, 0.25) is 0 Å². The summed E-state index contributed by atoms with van der Waals surface area (Å²) in [6.45, 7) is 6.57. The van der Waals surface area contributed by atoms with Crippen LogP contribution in [0.1, 0.15) is 50.1 Å². The third kappa shape index (κ3) is 2.12. The highest BCUT2D eigenvalue weighted by Crippen LogP contribution is 2.35. The maximum absolute atomic E-state index is 5.60. The summed E-state index contributed by atoms with van der Waals surface area (Å²) in [4.78, 5) is 4.56. The van der Waals surface area contributed by atoms with Crippen LogP contribution >= 0.6 is 0 Å². The van der Waals surface area contributed by atoms with Crippen LogP contribution in [-0.2, 0) is 17.6 Å². The van der Waals surface area contributed by atoms with Crippen LogP contribution in [0.5, 0.6) is 0 Å². The van der Waals surface area contributed by atoms with E-state index in [1.165, 1.54) is 30.4 Å². The van der Waals surface area contributed by atoms with E-state index >= 15 is 0 Å². The summed E-state index contributed by atoms with van der Waals surface area (Å²) in [6, 6.07) is 2.24. The number of hydrogen-bond donors (Lipinski definition) is 0. The lowest BCUT2D eigenvalue weighted by molar-refractivity contribution is 0.0120. The van der Waals surface area contributed by atoms with Crippen molar-refractivity contribution >= 4 is 0 Å². The standard InChI is InChI=1S/C14H21NO/c1-14(2,3)13(16-4)12-8-10-6-5-7-11(10)9-15-12/h8-9,13H,5-7H2,1-4H3/t13-/m1/s1. The molecule has 0 spiro atoms. The van der Waals surface area contributed by atoms with Gasteiger partial charge in [0.25, 0.3) is 0 Å². The predicted octanol–water partition coefficient (Wildman–Crippen LogP) is 3.30. The van der Waals surface area contributed by atoms with Gasteiger partial charge in [0.1, 0.15) is 6.10 Å². The number of methoxy groups -OCH3 is 1. The summed E-state index contributed by atoms with van der Waals surface area (Å²) < 4.78 is 5.60. The highest BCUT2D eigenvalue weighted by atomic mass is 16.5. The van der Waals surface area contributed by atoms with Crippen molar-refractivity contribution in [1.29, 1.82) is 0 Å². The molecule has 2 heteroatoms. The Morgan fingerprint density at radius 3 is 2.56 bits per heavy atom. The van der Waals surface area contributed by atoms with Crippen molar-refractivity contribution in [3.05, 3.63) is 29.1 Å². The quantitative estimate of drug-likeness (QED) is 0.761. The molecule has 1 aromatic rings. The molecule has 1 aliphatic rings. The van der Waals surface area contributed by atoms with E-state index in [1.807, 2.05) is 6.20 Å². The molecule has 1 heterocycles. The van der Waals surface area contributed by atoms with Gasteiger partial charge in [-0.2, -0.15) is 0 Å². The zero-order valence-electron chi connectivity index (χ0n) is 10.7. The third-order valence-electron chi connectivity index (χ3n) is 3.29. The summed E-state index contributed by atoms with van der Waals surface area (Å²) in [6.07, 6.45) is 5.78. The molecule has 0 bridgehead atoms. The Morgan fingerprint density at radius 1 is 1.25 bits per heavy atom. The number of nitrogens with zero attached hydrogens (tertiary/aromatic N) is 1. The van der Waals surface area contributed by atoms with Gasteiger partial charge >= 0.3 is 0 Å². The molecule has 0 fully saturated rings. The normalized spacial score (nSPS) is 17.2. The van der Waals surface area contributed by atoms with Crippen LogP contribution in [0, 0.1) is 5.41 Å². The fourth-order valence-corrected chi connectivity index (χ4v) is 2.53. The number of pyridine rings is 1. The van der Waals surface area contributed by atoms with Gasteiger partial charge in [0, 0.05) is 13.3 Å². The van der Waals surface area contributed by atoms with E-state index in [0.717, 1.165) is 5.69 Å². The first kappa shape index (κ1) is 11.6. The molecule has 0 amide bonds. The third-order valence-corrected chi connectivity index (χ3v) is 3.29. The van der Waals surface area contributed by atoms with Gasteiger partial charge in [-0.15, -0.1) is 0 Å². The molecule has 1 aromatic heterocycles. The molecule has 2 rings (SSSR count). The van der Waals surface area contributed by atoms with Crippen LogP contribution in [0.4, 0.5) is 0 Å². The molecule has 0 saturated heterocycles. The van der Waals surface area contributed by atoms with Gasteiger partial charge in [0.2, 0.25) is 0 Å². The number of aryl methyl sites for hydroxylation is 2. The van der Waals surface area contributed by atoms with E-state index in [1.54, 1.807) is 7.11 Å². The second-order valence-electron chi connectivity index (χ2n) is 5.71. The fraction of sp³-hybridized carbons (Fsp3) is 0.643. The van der Waals surface area contributed by atoms with Gasteiger partial charge in [0.15, 0.2) is 0 Å². The molecule has 16 heavy (non-hydrogen) atoms. The van der Waals surface area contributed by atoms with E-state index in [0.29, 0.717) is 0 Å².